The smallest absolute Gasteiger partial charge is 0.273 e. The third-order valence-electron chi connectivity index (χ3n) is 5.53. The highest BCUT2D eigenvalue weighted by Crippen LogP contribution is 2.23. The Hall–Kier alpha value is -2.88. The minimum Gasteiger partial charge on any atom is -0.381 e. The first-order valence-corrected chi connectivity index (χ1v) is 10.1. The number of nitrogens with one attached hydrogen (secondary N) is 1. The van der Waals surface area contributed by atoms with Crippen LogP contribution < -0.4 is 5.32 Å². The summed E-state index contributed by atoms with van der Waals surface area (Å²) in [4.78, 5) is 19.5. The molecular weight excluding hydrogens is 346 g/mol. The molecule has 0 bridgehead atoms. The van der Waals surface area contributed by atoms with Crippen LogP contribution >= 0.6 is 0 Å². The van der Waals surface area contributed by atoms with Crippen molar-refractivity contribution in [2.75, 3.05) is 18.4 Å². The first-order chi connectivity index (χ1) is 13.6. The number of hydrogen-bond acceptors (Lipinski definition) is 3. The molecule has 4 heteroatoms. The van der Waals surface area contributed by atoms with E-state index in [1.807, 2.05) is 35.2 Å². The molecule has 28 heavy (non-hydrogen) atoms. The molecular formula is C24H27N3O. The Balaban J connectivity index is 1.48. The first-order valence-electron chi connectivity index (χ1n) is 10.1. The topological polar surface area (TPSA) is 45.2 Å². The van der Waals surface area contributed by atoms with Crippen LogP contribution in [0, 0.1) is 0 Å². The minimum atomic E-state index is 0.0263. The van der Waals surface area contributed by atoms with Gasteiger partial charge in [0.1, 0.15) is 5.69 Å². The van der Waals surface area contributed by atoms with E-state index < -0.39 is 0 Å². The number of piperidine rings is 1. The highest BCUT2D eigenvalue weighted by molar-refractivity contribution is 6.05. The van der Waals surface area contributed by atoms with Gasteiger partial charge in [-0.2, -0.15) is 0 Å². The number of amides is 1. The number of likely N-dealkylation sites (tertiary alicyclic amines) is 1. The van der Waals surface area contributed by atoms with Crippen molar-refractivity contribution in [2.45, 2.75) is 38.6 Å². The number of hydrogen-bond donors (Lipinski definition) is 1. The van der Waals surface area contributed by atoms with Crippen LogP contribution in [0.4, 0.5) is 5.69 Å². The summed E-state index contributed by atoms with van der Waals surface area (Å²) in [5, 5.41) is 5.59. The number of carbonyl (C=O) groups is 1. The normalized spacial score (nSPS) is 17.1. The van der Waals surface area contributed by atoms with Crippen molar-refractivity contribution in [2.24, 2.45) is 0 Å². The van der Waals surface area contributed by atoms with Crippen LogP contribution in [0.2, 0.25) is 0 Å². The molecule has 2 aromatic carbocycles. The van der Waals surface area contributed by atoms with Gasteiger partial charge in [-0.15, -0.1) is 0 Å². The van der Waals surface area contributed by atoms with Crippen molar-refractivity contribution in [1.82, 2.24) is 9.88 Å². The summed E-state index contributed by atoms with van der Waals surface area (Å²) >= 11 is 0. The summed E-state index contributed by atoms with van der Waals surface area (Å²) in [5.41, 5.74) is 3.01. The molecule has 0 spiro atoms. The Bertz CT molecular complexity index is 960. The van der Waals surface area contributed by atoms with Crippen LogP contribution in [0.1, 0.15) is 48.7 Å². The average molecular weight is 374 g/mol. The number of nitrogens with zero attached hydrogens (tertiary/aromatic N) is 2. The molecule has 1 saturated heterocycles. The average Bonchev–Trinajstić information content (AvgIpc) is 2.73. The number of carbonyl (C=O) groups excluding carboxylic acids is 1. The number of fused-ring (bicyclic) bond motifs is 1. The second-order valence-corrected chi connectivity index (χ2v) is 7.89. The molecule has 1 atom stereocenters. The van der Waals surface area contributed by atoms with E-state index in [9.17, 15) is 4.79 Å². The number of anilines is 1. The molecule has 144 valence electrons. The third-order valence-corrected chi connectivity index (χ3v) is 5.53. The van der Waals surface area contributed by atoms with Gasteiger partial charge < -0.3 is 10.2 Å². The lowest BCUT2D eigenvalue weighted by molar-refractivity contribution is 0.0711. The van der Waals surface area contributed by atoms with E-state index in [2.05, 4.69) is 48.4 Å². The lowest BCUT2D eigenvalue weighted by atomic mass is 10.0. The van der Waals surface area contributed by atoms with Gasteiger partial charge in [0, 0.05) is 36.4 Å². The molecule has 4 rings (SSSR count). The van der Waals surface area contributed by atoms with Crippen LogP contribution in [0.3, 0.4) is 0 Å². The molecule has 1 amide bonds. The van der Waals surface area contributed by atoms with Gasteiger partial charge in [0.05, 0.1) is 0 Å². The summed E-state index contributed by atoms with van der Waals surface area (Å²) in [6, 6.07) is 18.8. The Kier molecular flexibility index (Phi) is 5.29. The maximum absolute atomic E-state index is 13.2. The molecule has 0 radical (unpaired) electrons. The van der Waals surface area contributed by atoms with Gasteiger partial charge in [-0.1, -0.05) is 50.2 Å². The second kappa shape index (κ2) is 8.01. The van der Waals surface area contributed by atoms with Crippen LogP contribution in [0.15, 0.2) is 60.8 Å². The molecule has 0 unspecified atom stereocenters. The predicted octanol–water partition coefficient (Wildman–Crippen LogP) is 5.07. The summed E-state index contributed by atoms with van der Waals surface area (Å²) in [6.07, 6.45) is 3.79. The summed E-state index contributed by atoms with van der Waals surface area (Å²) in [5.74, 6) is 0.559. The fourth-order valence-electron chi connectivity index (χ4n) is 3.92. The Morgan fingerprint density at radius 3 is 2.68 bits per heavy atom. The fraction of sp³-hybridized carbons (Fsp3) is 0.333. The van der Waals surface area contributed by atoms with Gasteiger partial charge in [-0.3, -0.25) is 9.78 Å². The van der Waals surface area contributed by atoms with Crippen molar-refractivity contribution in [3.8, 4) is 0 Å². The molecule has 1 aliphatic rings. The largest absolute Gasteiger partial charge is 0.381 e. The van der Waals surface area contributed by atoms with Gasteiger partial charge in [0.25, 0.3) is 5.91 Å². The molecule has 1 N–H and O–H groups in total. The molecule has 1 aliphatic heterocycles. The number of pyridine rings is 1. The monoisotopic (exact) mass is 373 g/mol. The van der Waals surface area contributed by atoms with Gasteiger partial charge in [-0.25, -0.2) is 0 Å². The van der Waals surface area contributed by atoms with Crippen LogP contribution in [0.5, 0.6) is 0 Å². The second-order valence-electron chi connectivity index (χ2n) is 7.89. The maximum Gasteiger partial charge on any atom is 0.273 e. The molecule has 4 nitrogen and oxygen atoms in total. The molecule has 2 heterocycles. The highest BCUT2D eigenvalue weighted by Gasteiger charge is 2.26. The van der Waals surface area contributed by atoms with E-state index in [1.54, 1.807) is 6.20 Å². The Morgan fingerprint density at radius 1 is 1.11 bits per heavy atom. The molecule has 3 aromatic rings. The molecule has 1 aromatic heterocycles. The van der Waals surface area contributed by atoms with E-state index in [0.717, 1.165) is 35.8 Å². The van der Waals surface area contributed by atoms with E-state index in [4.69, 9.17) is 0 Å². The SMILES string of the molecule is CC(C)c1ccc(N[C@@H]2CCCN(C(=O)c3nccc4ccccc34)C2)cc1. The lowest BCUT2D eigenvalue weighted by Gasteiger charge is -2.33. The van der Waals surface area contributed by atoms with Crippen LogP contribution in [0.25, 0.3) is 10.8 Å². The predicted molar refractivity (Wildman–Crippen MR) is 115 cm³/mol. The zero-order chi connectivity index (χ0) is 19.5. The molecule has 0 aliphatic carbocycles. The first kappa shape index (κ1) is 18.5. The van der Waals surface area contributed by atoms with E-state index in [-0.39, 0.29) is 11.9 Å². The number of benzene rings is 2. The van der Waals surface area contributed by atoms with Gasteiger partial charge in [0.15, 0.2) is 0 Å². The minimum absolute atomic E-state index is 0.0263. The zero-order valence-corrected chi connectivity index (χ0v) is 16.6. The van der Waals surface area contributed by atoms with Gasteiger partial charge in [-0.05, 0) is 47.9 Å². The zero-order valence-electron chi connectivity index (χ0n) is 16.6. The van der Waals surface area contributed by atoms with Crippen LogP contribution in [-0.4, -0.2) is 34.9 Å². The van der Waals surface area contributed by atoms with E-state index in [0.29, 0.717) is 18.2 Å². The number of aromatic nitrogens is 1. The highest BCUT2D eigenvalue weighted by atomic mass is 16.2. The van der Waals surface area contributed by atoms with E-state index in [1.165, 1.54) is 5.56 Å². The van der Waals surface area contributed by atoms with Gasteiger partial charge >= 0.3 is 0 Å². The lowest BCUT2D eigenvalue weighted by Crippen LogP contribution is -2.45. The molecule has 1 fully saturated rings. The summed E-state index contributed by atoms with van der Waals surface area (Å²) in [7, 11) is 0. The van der Waals surface area contributed by atoms with Crippen molar-refractivity contribution in [3.63, 3.8) is 0 Å². The Morgan fingerprint density at radius 2 is 1.89 bits per heavy atom. The van der Waals surface area contributed by atoms with Crippen LogP contribution in [-0.2, 0) is 0 Å². The van der Waals surface area contributed by atoms with Crippen molar-refractivity contribution < 1.29 is 4.79 Å². The summed E-state index contributed by atoms with van der Waals surface area (Å²) < 4.78 is 0. The molecule has 0 saturated carbocycles. The van der Waals surface area contributed by atoms with Crippen molar-refractivity contribution in [1.29, 1.82) is 0 Å². The third kappa shape index (κ3) is 3.86. The quantitative estimate of drug-likeness (QED) is 0.694. The van der Waals surface area contributed by atoms with Gasteiger partial charge in [0.2, 0.25) is 0 Å². The standard InChI is InChI=1S/C24H27N3O/c1-17(2)18-9-11-20(12-10-18)26-21-7-5-15-27(16-21)24(28)23-22-8-4-3-6-19(22)13-14-25-23/h3-4,6,8-14,17,21,26H,5,7,15-16H2,1-2H3/t21-/m1/s1. The number of rotatable bonds is 4. The van der Waals surface area contributed by atoms with E-state index >= 15 is 0 Å². The Labute approximate surface area is 166 Å². The fourth-order valence-corrected chi connectivity index (χ4v) is 3.92. The van der Waals surface area contributed by atoms with Crippen molar-refractivity contribution in [3.05, 3.63) is 72.1 Å². The van der Waals surface area contributed by atoms with Crippen molar-refractivity contribution >= 4 is 22.4 Å². The maximum atomic E-state index is 13.2. The summed E-state index contributed by atoms with van der Waals surface area (Å²) in [6.45, 7) is 5.90.